The fourth-order valence-electron chi connectivity index (χ4n) is 5.46. The molecule has 0 rings (SSSR count). The van der Waals surface area contributed by atoms with Gasteiger partial charge in [0.2, 0.25) is 11.8 Å². The van der Waals surface area contributed by atoms with Gasteiger partial charge in [0.15, 0.2) is 0 Å². The average molecular weight is 633 g/mol. The van der Waals surface area contributed by atoms with Crippen LogP contribution >= 0.6 is 0 Å². The minimum absolute atomic E-state index is 0.153. The van der Waals surface area contributed by atoms with Crippen LogP contribution in [0.3, 0.4) is 0 Å². The maximum absolute atomic E-state index is 11.6. The Balaban J connectivity index is 0. The lowest BCUT2D eigenvalue weighted by Crippen LogP contribution is -2.23. The Hall–Kier alpha value is -1.58. The van der Waals surface area contributed by atoms with Gasteiger partial charge in [0.05, 0.1) is 0 Å². The zero-order valence-electron chi connectivity index (χ0n) is 30.8. The van der Waals surface area contributed by atoms with Crippen LogP contribution in [0.1, 0.15) is 220 Å². The number of unbranched alkanes of at least 4 members (excludes halogenated alkanes) is 24. The van der Waals surface area contributed by atoms with E-state index in [9.17, 15) is 9.59 Å². The summed E-state index contributed by atoms with van der Waals surface area (Å²) in [5.41, 5.74) is 5.11. The number of hydrogen-bond donors (Lipinski definition) is 2. The van der Waals surface area contributed by atoms with Gasteiger partial charge in [0.25, 0.3) is 0 Å². The van der Waals surface area contributed by atoms with Crippen molar-refractivity contribution >= 4 is 11.8 Å². The number of rotatable bonds is 34. The highest BCUT2D eigenvalue weighted by Gasteiger charge is 2.00. The van der Waals surface area contributed by atoms with E-state index in [-0.39, 0.29) is 11.8 Å². The molecule has 0 saturated carbocycles. The summed E-state index contributed by atoms with van der Waals surface area (Å²) in [7, 11) is 0. The van der Waals surface area contributed by atoms with Crippen LogP contribution in [0.5, 0.6) is 0 Å². The zero-order chi connectivity index (χ0) is 33.3. The van der Waals surface area contributed by atoms with Gasteiger partial charge in [-0.1, -0.05) is 180 Å². The Morgan fingerprint density at radius 3 is 1.27 bits per heavy atom. The molecule has 0 fully saturated rings. The van der Waals surface area contributed by atoms with E-state index in [1.54, 1.807) is 0 Å². The Morgan fingerprint density at radius 1 is 0.444 bits per heavy atom. The van der Waals surface area contributed by atoms with E-state index in [1.807, 2.05) is 0 Å². The fraction of sp³-hybridized carbons (Fsp3) is 0.854. The second-order valence-corrected chi connectivity index (χ2v) is 13.2. The monoisotopic (exact) mass is 633 g/mol. The van der Waals surface area contributed by atoms with Gasteiger partial charge in [-0.15, -0.1) is 0 Å². The molecule has 0 aliphatic carbocycles. The first kappa shape index (κ1) is 45.5. The molecule has 45 heavy (non-hydrogen) atoms. The minimum atomic E-state index is -0.153. The first-order valence-electron chi connectivity index (χ1n) is 19.9. The van der Waals surface area contributed by atoms with Crippen molar-refractivity contribution in [2.24, 2.45) is 5.73 Å². The van der Waals surface area contributed by atoms with Crippen molar-refractivity contribution in [3.63, 3.8) is 0 Å². The molecule has 0 aromatic heterocycles. The van der Waals surface area contributed by atoms with Crippen LogP contribution in [-0.4, -0.2) is 18.4 Å². The Kier molecular flexibility index (Phi) is 42.9. The van der Waals surface area contributed by atoms with Crippen molar-refractivity contribution in [1.82, 2.24) is 5.32 Å². The van der Waals surface area contributed by atoms with Crippen LogP contribution in [0, 0.1) is 0 Å². The molecule has 0 aliphatic rings. The highest BCUT2D eigenvalue weighted by molar-refractivity contribution is 5.75. The number of nitrogens with one attached hydrogen (secondary N) is 1. The predicted octanol–water partition coefficient (Wildman–Crippen LogP) is 12.8. The van der Waals surface area contributed by atoms with Gasteiger partial charge in [0, 0.05) is 19.4 Å². The summed E-state index contributed by atoms with van der Waals surface area (Å²) in [6.07, 6.45) is 47.9. The molecule has 0 saturated heterocycles. The molecule has 0 radical (unpaired) electrons. The van der Waals surface area contributed by atoms with E-state index in [0.29, 0.717) is 12.8 Å². The normalized spacial score (nSPS) is 11.3. The minimum Gasteiger partial charge on any atom is -0.370 e. The maximum atomic E-state index is 11.6. The topological polar surface area (TPSA) is 72.2 Å². The summed E-state index contributed by atoms with van der Waals surface area (Å²) in [6, 6.07) is 0. The molecule has 4 heteroatoms. The summed E-state index contributed by atoms with van der Waals surface area (Å²) in [4.78, 5) is 22.2. The molecule has 0 spiro atoms. The summed E-state index contributed by atoms with van der Waals surface area (Å²) in [5, 5.41) is 3.01. The number of carbonyl (C=O) groups excluding carboxylic acids is 2. The number of hydrogen-bond acceptors (Lipinski definition) is 2. The van der Waals surface area contributed by atoms with Crippen LogP contribution in [-0.2, 0) is 9.59 Å². The summed E-state index contributed by atoms with van der Waals surface area (Å²) >= 11 is 0. The molecule has 2 amide bonds. The molecule has 0 aromatic carbocycles. The molecule has 0 heterocycles. The lowest BCUT2D eigenvalue weighted by molar-refractivity contribution is -0.121. The van der Waals surface area contributed by atoms with E-state index in [2.05, 4.69) is 50.4 Å². The van der Waals surface area contributed by atoms with Crippen LogP contribution in [0.15, 0.2) is 24.3 Å². The van der Waals surface area contributed by atoms with E-state index in [4.69, 9.17) is 5.73 Å². The van der Waals surface area contributed by atoms with Crippen molar-refractivity contribution in [3.05, 3.63) is 24.3 Å². The van der Waals surface area contributed by atoms with Crippen molar-refractivity contribution in [2.45, 2.75) is 220 Å². The van der Waals surface area contributed by atoms with Crippen LogP contribution in [0.2, 0.25) is 0 Å². The standard InChI is InChI=1S/C23H43NO.C18H37NO/c1-3-5-7-8-9-10-11-12-13-14-15-16-17-18-19-21-23(25)24-22-20-6-4-2;1-2-3-4-5-6-7-8-9-10-11-12-13-14-15-16-17-18(19)20/h9-10,12-13H,3-8,11,14-22H2,1-2H3,(H,24,25);2-17H2,1H3,(H2,19,20)/b10-9-,13-12-;. The first-order chi connectivity index (χ1) is 22.1. The third kappa shape index (κ3) is 47.0. The van der Waals surface area contributed by atoms with Gasteiger partial charge in [0.1, 0.15) is 0 Å². The largest absolute Gasteiger partial charge is 0.370 e. The van der Waals surface area contributed by atoms with Gasteiger partial charge < -0.3 is 11.1 Å². The molecule has 0 unspecified atom stereocenters. The van der Waals surface area contributed by atoms with E-state index in [1.165, 1.54) is 161 Å². The summed E-state index contributed by atoms with van der Waals surface area (Å²) in [5.74, 6) is 0.0847. The average Bonchev–Trinajstić information content (AvgIpc) is 3.03. The predicted molar refractivity (Wildman–Crippen MR) is 201 cm³/mol. The Bertz CT molecular complexity index is 643. The van der Waals surface area contributed by atoms with Crippen molar-refractivity contribution in [3.8, 4) is 0 Å². The molecule has 0 atom stereocenters. The number of primary amides is 1. The molecular formula is C41H80N2O2. The third-order valence-corrected chi connectivity index (χ3v) is 8.48. The maximum Gasteiger partial charge on any atom is 0.219 e. The van der Waals surface area contributed by atoms with Gasteiger partial charge >= 0.3 is 0 Å². The van der Waals surface area contributed by atoms with Gasteiger partial charge in [-0.25, -0.2) is 0 Å². The fourth-order valence-corrected chi connectivity index (χ4v) is 5.46. The second kappa shape index (κ2) is 42.4. The molecule has 0 aromatic rings. The van der Waals surface area contributed by atoms with Crippen molar-refractivity contribution < 1.29 is 9.59 Å². The number of amides is 2. The van der Waals surface area contributed by atoms with Gasteiger partial charge in [-0.2, -0.15) is 0 Å². The van der Waals surface area contributed by atoms with Crippen molar-refractivity contribution in [1.29, 1.82) is 0 Å². The molecule has 4 nitrogen and oxygen atoms in total. The van der Waals surface area contributed by atoms with Crippen molar-refractivity contribution in [2.75, 3.05) is 6.54 Å². The quantitative estimate of drug-likeness (QED) is 0.0547. The number of nitrogens with two attached hydrogens (primary N) is 1. The second-order valence-electron chi connectivity index (χ2n) is 13.2. The molecule has 0 aliphatic heterocycles. The highest BCUT2D eigenvalue weighted by Crippen LogP contribution is 2.14. The van der Waals surface area contributed by atoms with E-state index < -0.39 is 0 Å². The SMILES string of the molecule is CCCCC/C=C\C/C=C\CCCCCCCC(=O)NCCCCC.CCCCCCCCCCCCCCCCCC(N)=O. The molecule has 3 N–H and O–H groups in total. The van der Waals surface area contributed by atoms with E-state index in [0.717, 1.165) is 32.2 Å². The van der Waals surface area contributed by atoms with Gasteiger partial charge in [-0.3, -0.25) is 9.59 Å². The number of carbonyl (C=O) groups is 2. The third-order valence-electron chi connectivity index (χ3n) is 8.48. The molecule has 266 valence electrons. The van der Waals surface area contributed by atoms with Gasteiger partial charge in [-0.05, 0) is 51.4 Å². The summed E-state index contributed by atoms with van der Waals surface area (Å²) in [6.45, 7) is 7.56. The zero-order valence-corrected chi connectivity index (χ0v) is 30.8. The Morgan fingerprint density at radius 2 is 0.800 bits per heavy atom. The Labute approximate surface area is 282 Å². The molecular weight excluding hydrogens is 552 g/mol. The number of allylic oxidation sites excluding steroid dienone is 4. The highest BCUT2D eigenvalue weighted by atomic mass is 16.1. The lowest BCUT2D eigenvalue weighted by Gasteiger charge is -2.04. The van der Waals surface area contributed by atoms with Crippen LogP contribution < -0.4 is 11.1 Å². The summed E-state index contributed by atoms with van der Waals surface area (Å²) < 4.78 is 0. The molecule has 0 bridgehead atoms. The lowest BCUT2D eigenvalue weighted by atomic mass is 10.0. The van der Waals surface area contributed by atoms with Crippen LogP contribution in [0.25, 0.3) is 0 Å². The van der Waals surface area contributed by atoms with Crippen LogP contribution in [0.4, 0.5) is 0 Å². The first-order valence-corrected chi connectivity index (χ1v) is 19.9. The smallest absolute Gasteiger partial charge is 0.219 e. The van der Waals surface area contributed by atoms with E-state index >= 15 is 0 Å².